The fourth-order valence-corrected chi connectivity index (χ4v) is 4.18. The second-order valence-electron chi connectivity index (χ2n) is 9.04. The van der Waals surface area contributed by atoms with Crippen LogP contribution < -0.4 is 29.9 Å². The lowest BCUT2D eigenvalue weighted by atomic mass is 10.1. The minimum Gasteiger partial charge on any atom is -0.497 e. The van der Waals surface area contributed by atoms with Gasteiger partial charge in [-0.25, -0.2) is 10.2 Å². The van der Waals surface area contributed by atoms with Gasteiger partial charge in [0.1, 0.15) is 17.3 Å². The van der Waals surface area contributed by atoms with E-state index in [1.165, 1.54) is 5.69 Å². The van der Waals surface area contributed by atoms with Crippen molar-refractivity contribution in [3.8, 4) is 17.2 Å². The van der Waals surface area contributed by atoms with Gasteiger partial charge < -0.3 is 34.6 Å². The van der Waals surface area contributed by atoms with Gasteiger partial charge in [-0.3, -0.25) is 0 Å². The molecule has 1 fully saturated rings. The van der Waals surface area contributed by atoms with Crippen molar-refractivity contribution in [1.82, 2.24) is 9.97 Å². The average Bonchev–Trinajstić information content (AvgIpc) is 2.99. The highest BCUT2D eigenvalue weighted by Gasteiger charge is 2.11. The highest BCUT2D eigenvalue weighted by atomic mass is 17.1. The van der Waals surface area contributed by atoms with Crippen LogP contribution in [0.25, 0.3) is 0 Å². The standard InChI is InChI=1S/C22H25N5O3.C8H10O2.H2/c1-28-18-7-8-19(20(15-18)29-2)25-21-9-10-23-22(26-21)24-16-3-5-17(6-4-16)27-11-13-30-14-12-27;1-6-4-3-5-7(2)8(6)10-9;/h3-10,15H,11-14H2,1-2H3,(H2,23,24,25,26);3-5,9H,1-2H3;1H. The lowest BCUT2D eigenvalue weighted by Crippen LogP contribution is -2.36. The topological polar surface area (TPSA) is 110 Å². The van der Waals surface area contributed by atoms with Gasteiger partial charge in [0.05, 0.1) is 33.1 Å². The molecule has 0 radical (unpaired) electrons. The van der Waals surface area contributed by atoms with Crippen LogP contribution in [0.1, 0.15) is 12.6 Å². The molecule has 1 aliphatic rings. The molecular formula is C30H37N5O5. The van der Waals surface area contributed by atoms with Crippen molar-refractivity contribution in [2.24, 2.45) is 0 Å². The SMILES string of the molecule is COc1ccc(Nc2ccnc(Nc3ccc(N4CCOCC4)cc3)n2)c(OC)c1.Cc1cccc(C)c1OO.[HH]. The van der Waals surface area contributed by atoms with Gasteiger partial charge in [-0.15, -0.1) is 0 Å². The smallest absolute Gasteiger partial charge is 0.229 e. The van der Waals surface area contributed by atoms with Crippen LogP contribution >= 0.6 is 0 Å². The molecule has 5 rings (SSSR count). The van der Waals surface area contributed by atoms with E-state index in [0.717, 1.165) is 54.6 Å². The Kier molecular flexibility index (Phi) is 9.98. The van der Waals surface area contributed by atoms with Crippen LogP contribution in [0, 0.1) is 13.8 Å². The van der Waals surface area contributed by atoms with E-state index in [0.29, 0.717) is 23.3 Å². The lowest BCUT2D eigenvalue weighted by Gasteiger charge is -2.28. The molecular weight excluding hydrogens is 510 g/mol. The molecule has 0 aliphatic carbocycles. The second-order valence-corrected chi connectivity index (χ2v) is 9.04. The molecule has 0 amide bonds. The first-order valence-electron chi connectivity index (χ1n) is 12.9. The van der Waals surface area contributed by atoms with Crippen LogP contribution in [-0.4, -0.2) is 55.7 Å². The molecule has 1 aliphatic heterocycles. The Hall–Kier alpha value is -4.54. The Morgan fingerprint density at radius 1 is 0.900 bits per heavy atom. The molecule has 2 heterocycles. The van der Waals surface area contributed by atoms with Gasteiger partial charge in [-0.1, -0.05) is 18.2 Å². The predicted molar refractivity (Wildman–Crippen MR) is 159 cm³/mol. The number of rotatable bonds is 8. The number of hydrogen-bond donors (Lipinski definition) is 3. The maximum atomic E-state index is 8.40. The van der Waals surface area contributed by atoms with E-state index in [1.54, 1.807) is 26.5 Å². The molecule has 3 N–H and O–H groups in total. The fraction of sp³-hybridized carbons (Fsp3) is 0.267. The van der Waals surface area contributed by atoms with E-state index >= 15 is 0 Å². The predicted octanol–water partition coefficient (Wildman–Crippen LogP) is 6.22. The number of morpholine rings is 1. The molecule has 10 nitrogen and oxygen atoms in total. The van der Waals surface area contributed by atoms with E-state index in [9.17, 15) is 0 Å². The van der Waals surface area contributed by atoms with E-state index in [4.69, 9.17) is 19.5 Å². The summed E-state index contributed by atoms with van der Waals surface area (Å²) in [5.41, 5.74) is 4.79. The molecule has 212 valence electrons. The first kappa shape index (κ1) is 28.5. The van der Waals surface area contributed by atoms with Crippen LogP contribution in [0.3, 0.4) is 0 Å². The highest BCUT2D eigenvalue weighted by Crippen LogP contribution is 2.31. The van der Waals surface area contributed by atoms with E-state index in [1.807, 2.05) is 62.4 Å². The van der Waals surface area contributed by atoms with Crippen molar-refractivity contribution in [2.75, 3.05) is 56.1 Å². The van der Waals surface area contributed by atoms with Gasteiger partial charge in [0, 0.05) is 38.2 Å². The number of aryl methyl sites for hydroxylation is 2. The maximum Gasteiger partial charge on any atom is 0.229 e. The molecule has 0 unspecified atom stereocenters. The zero-order valence-electron chi connectivity index (χ0n) is 23.2. The number of nitrogens with zero attached hydrogens (tertiary/aromatic N) is 3. The molecule has 3 aromatic carbocycles. The molecule has 1 saturated heterocycles. The molecule has 0 atom stereocenters. The largest absolute Gasteiger partial charge is 0.497 e. The molecule has 0 saturated carbocycles. The van der Waals surface area contributed by atoms with Crippen LogP contribution in [0.15, 0.2) is 72.9 Å². The molecule has 10 heteroatoms. The van der Waals surface area contributed by atoms with E-state index < -0.39 is 0 Å². The van der Waals surface area contributed by atoms with Crippen molar-refractivity contribution in [3.63, 3.8) is 0 Å². The number of benzene rings is 3. The zero-order valence-corrected chi connectivity index (χ0v) is 23.2. The highest BCUT2D eigenvalue weighted by molar-refractivity contribution is 5.67. The van der Waals surface area contributed by atoms with Gasteiger partial charge >= 0.3 is 0 Å². The molecule has 4 aromatic rings. The van der Waals surface area contributed by atoms with Crippen LogP contribution in [0.4, 0.5) is 28.8 Å². The normalized spacial score (nSPS) is 12.6. The van der Waals surface area contributed by atoms with Crippen molar-refractivity contribution >= 4 is 28.8 Å². The third kappa shape index (κ3) is 7.52. The number of nitrogens with one attached hydrogen (secondary N) is 2. The monoisotopic (exact) mass is 547 g/mol. The average molecular weight is 548 g/mol. The molecule has 40 heavy (non-hydrogen) atoms. The number of anilines is 5. The minimum atomic E-state index is 0. The first-order valence-corrected chi connectivity index (χ1v) is 12.9. The van der Waals surface area contributed by atoms with Crippen LogP contribution in [0.5, 0.6) is 17.2 Å². The van der Waals surface area contributed by atoms with Crippen molar-refractivity contribution in [1.29, 1.82) is 0 Å². The Morgan fingerprint density at radius 3 is 2.25 bits per heavy atom. The summed E-state index contributed by atoms with van der Waals surface area (Å²) >= 11 is 0. The Labute approximate surface area is 235 Å². The summed E-state index contributed by atoms with van der Waals surface area (Å²) in [5.74, 6) is 3.11. The van der Waals surface area contributed by atoms with Crippen LogP contribution in [0.2, 0.25) is 0 Å². The summed E-state index contributed by atoms with van der Waals surface area (Å²) in [6.07, 6.45) is 1.70. The fourth-order valence-electron chi connectivity index (χ4n) is 4.18. The van der Waals surface area contributed by atoms with Gasteiger partial charge in [-0.2, -0.15) is 4.98 Å². The summed E-state index contributed by atoms with van der Waals surface area (Å²) in [6.45, 7) is 7.15. The van der Waals surface area contributed by atoms with Crippen molar-refractivity contribution in [3.05, 3.63) is 84.1 Å². The quantitative estimate of drug-likeness (QED) is 0.174. The number of hydrogen-bond acceptors (Lipinski definition) is 10. The van der Waals surface area contributed by atoms with Gasteiger partial charge in [-0.05, 0) is 67.4 Å². The second kappa shape index (κ2) is 14.0. The summed E-state index contributed by atoms with van der Waals surface area (Å²) in [5, 5.41) is 14.9. The van der Waals surface area contributed by atoms with Gasteiger partial charge in [0.25, 0.3) is 0 Å². The molecule has 1 aromatic heterocycles. The third-order valence-electron chi connectivity index (χ3n) is 6.33. The van der Waals surface area contributed by atoms with Crippen LogP contribution in [-0.2, 0) is 4.74 Å². The van der Waals surface area contributed by atoms with E-state index in [-0.39, 0.29) is 1.43 Å². The number of aromatic nitrogens is 2. The lowest BCUT2D eigenvalue weighted by molar-refractivity contribution is -0.138. The zero-order chi connectivity index (χ0) is 28.3. The Balaban J connectivity index is 0.000000357. The van der Waals surface area contributed by atoms with Crippen molar-refractivity contribution in [2.45, 2.75) is 13.8 Å². The molecule has 0 bridgehead atoms. The summed E-state index contributed by atoms with van der Waals surface area (Å²) in [4.78, 5) is 15.4. The third-order valence-corrected chi connectivity index (χ3v) is 6.33. The van der Waals surface area contributed by atoms with Crippen molar-refractivity contribution < 1.29 is 25.8 Å². The Bertz CT molecular complexity index is 1360. The van der Waals surface area contributed by atoms with Gasteiger partial charge in [0.2, 0.25) is 5.95 Å². The maximum absolute atomic E-state index is 8.40. The Morgan fingerprint density at radius 2 is 1.62 bits per heavy atom. The number of methoxy groups -OCH3 is 2. The van der Waals surface area contributed by atoms with Gasteiger partial charge in [0.15, 0.2) is 5.75 Å². The summed E-state index contributed by atoms with van der Waals surface area (Å²) < 4.78 is 16.1. The molecule has 0 spiro atoms. The first-order chi connectivity index (χ1) is 19.5. The summed E-state index contributed by atoms with van der Waals surface area (Å²) in [6, 6.07) is 21.3. The van der Waals surface area contributed by atoms with E-state index in [2.05, 4.69) is 42.5 Å². The number of ether oxygens (including phenoxy) is 3. The number of para-hydroxylation sites is 1. The summed E-state index contributed by atoms with van der Waals surface area (Å²) in [7, 11) is 3.24. The minimum absolute atomic E-state index is 0.